The smallest absolute Gasteiger partial charge is 0.0197 e. The van der Waals surface area contributed by atoms with Crippen LogP contribution in [0, 0.1) is 5.92 Å². The molecular formula is C14H29N3. The molecule has 0 saturated carbocycles. The van der Waals surface area contributed by atoms with Gasteiger partial charge in [-0.2, -0.15) is 0 Å². The van der Waals surface area contributed by atoms with Crippen molar-refractivity contribution >= 4 is 0 Å². The Kier molecular flexibility index (Phi) is 5.26. The molecule has 17 heavy (non-hydrogen) atoms. The molecule has 0 radical (unpaired) electrons. The maximum atomic E-state index is 3.68. The highest BCUT2D eigenvalue weighted by atomic mass is 15.3. The van der Waals surface area contributed by atoms with Crippen LogP contribution in [0.3, 0.4) is 0 Å². The Bertz CT molecular complexity index is 212. The number of nitrogens with one attached hydrogen (secondary N) is 1. The monoisotopic (exact) mass is 239 g/mol. The molecule has 0 amide bonds. The minimum absolute atomic E-state index is 0.747. The molecular weight excluding hydrogens is 210 g/mol. The Hall–Kier alpha value is -0.120. The molecule has 0 aromatic carbocycles. The van der Waals surface area contributed by atoms with E-state index in [0.717, 1.165) is 12.0 Å². The highest BCUT2D eigenvalue weighted by Gasteiger charge is 2.22. The molecule has 2 atom stereocenters. The number of rotatable bonds is 4. The molecule has 100 valence electrons. The molecule has 2 unspecified atom stereocenters. The van der Waals surface area contributed by atoms with E-state index < -0.39 is 0 Å². The van der Waals surface area contributed by atoms with Crippen LogP contribution in [-0.4, -0.2) is 61.7 Å². The van der Waals surface area contributed by atoms with Crippen molar-refractivity contribution in [3.63, 3.8) is 0 Å². The molecule has 2 saturated heterocycles. The van der Waals surface area contributed by atoms with Crippen LogP contribution >= 0.6 is 0 Å². The summed E-state index contributed by atoms with van der Waals surface area (Å²) in [5, 5.41) is 3.68. The van der Waals surface area contributed by atoms with Crippen LogP contribution in [0.25, 0.3) is 0 Å². The second-order valence-corrected chi connectivity index (χ2v) is 5.92. The van der Waals surface area contributed by atoms with E-state index in [1.54, 1.807) is 0 Å². The molecule has 3 nitrogen and oxygen atoms in total. The van der Waals surface area contributed by atoms with Gasteiger partial charge < -0.3 is 10.2 Å². The molecule has 0 bridgehead atoms. The lowest BCUT2D eigenvalue weighted by Gasteiger charge is -2.38. The van der Waals surface area contributed by atoms with Gasteiger partial charge in [0.25, 0.3) is 0 Å². The lowest BCUT2D eigenvalue weighted by molar-refractivity contribution is 0.115. The maximum Gasteiger partial charge on any atom is 0.0197 e. The molecule has 2 aliphatic heterocycles. The lowest BCUT2D eigenvalue weighted by Crippen LogP contribution is -2.52. The Morgan fingerprint density at radius 2 is 1.82 bits per heavy atom. The number of hydrogen-bond donors (Lipinski definition) is 1. The van der Waals surface area contributed by atoms with E-state index in [0.29, 0.717) is 0 Å². The predicted molar refractivity (Wildman–Crippen MR) is 73.4 cm³/mol. The highest BCUT2D eigenvalue weighted by Crippen LogP contribution is 2.16. The van der Waals surface area contributed by atoms with Crippen molar-refractivity contribution < 1.29 is 0 Å². The van der Waals surface area contributed by atoms with Crippen molar-refractivity contribution in [3.05, 3.63) is 0 Å². The number of piperazine rings is 1. The van der Waals surface area contributed by atoms with Crippen molar-refractivity contribution in [2.45, 2.75) is 39.2 Å². The Morgan fingerprint density at radius 3 is 2.47 bits per heavy atom. The summed E-state index contributed by atoms with van der Waals surface area (Å²) >= 11 is 0. The summed E-state index contributed by atoms with van der Waals surface area (Å²) in [5.74, 6) is 0.919. The zero-order chi connectivity index (χ0) is 12.1. The number of piperidine rings is 1. The Balaban J connectivity index is 1.67. The van der Waals surface area contributed by atoms with Gasteiger partial charge in [0.15, 0.2) is 0 Å². The SMILES string of the molecule is CCCN1CCN(CC2CC(C)CCN2)CC1. The summed E-state index contributed by atoms with van der Waals surface area (Å²) in [6.07, 6.45) is 4.03. The molecule has 0 spiro atoms. The summed E-state index contributed by atoms with van der Waals surface area (Å²) in [4.78, 5) is 5.26. The van der Waals surface area contributed by atoms with Gasteiger partial charge in [0.1, 0.15) is 0 Å². The zero-order valence-electron chi connectivity index (χ0n) is 11.6. The third-order valence-corrected chi connectivity index (χ3v) is 4.24. The first kappa shape index (κ1) is 13.3. The minimum atomic E-state index is 0.747. The van der Waals surface area contributed by atoms with Crippen LogP contribution in [0.15, 0.2) is 0 Å². The van der Waals surface area contributed by atoms with Gasteiger partial charge in [-0.15, -0.1) is 0 Å². The molecule has 2 heterocycles. The van der Waals surface area contributed by atoms with E-state index in [2.05, 4.69) is 29.0 Å². The van der Waals surface area contributed by atoms with Crippen molar-refractivity contribution in [2.24, 2.45) is 5.92 Å². The van der Waals surface area contributed by atoms with Crippen LogP contribution in [0.4, 0.5) is 0 Å². The summed E-state index contributed by atoms with van der Waals surface area (Å²) in [7, 11) is 0. The quantitative estimate of drug-likeness (QED) is 0.800. The van der Waals surface area contributed by atoms with Gasteiger partial charge in [0.05, 0.1) is 0 Å². The van der Waals surface area contributed by atoms with E-state index in [-0.39, 0.29) is 0 Å². The second kappa shape index (κ2) is 6.72. The van der Waals surface area contributed by atoms with Crippen LogP contribution in [0.5, 0.6) is 0 Å². The Labute approximate surface area is 107 Å². The van der Waals surface area contributed by atoms with Crippen molar-refractivity contribution in [1.29, 1.82) is 0 Å². The third-order valence-electron chi connectivity index (χ3n) is 4.24. The van der Waals surface area contributed by atoms with Gasteiger partial charge in [0.2, 0.25) is 0 Å². The van der Waals surface area contributed by atoms with Gasteiger partial charge in [-0.1, -0.05) is 13.8 Å². The fourth-order valence-electron chi connectivity index (χ4n) is 3.18. The zero-order valence-corrected chi connectivity index (χ0v) is 11.6. The minimum Gasteiger partial charge on any atom is -0.313 e. The largest absolute Gasteiger partial charge is 0.313 e. The fraction of sp³-hybridized carbons (Fsp3) is 1.00. The summed E-state index contributed by atoms with van der Waals surface area (Å²) < 4.78 is 0. The first-order valence-electron chi connectivity index (χ1n) is 7.46. The van der Waals surface area contributed by atoms with E-state index in [1.807, 2.05) is 0 Å². The second-order valence-electron chi connectivity index (χ2n) is 5.92. The lowest BCUT2D eigenvalue weighted by atomic mass is 9.94. The van der Waals surface area contributed by atoms with Crippen molar-refractivity contribution in [3.8, 4) is 0 Å². The van der Waals surface area contributed by atoms with Gasteiger partial charge >= 0.3 is 0 Å². The molecule has 2 aliphatic rings. The highest BCUT2D eigenvalue weighted by molar-refractivity contribution is 4.81. The van der Waals surface area contributed by atoms with Gasteiger partial charge in [-0.05, 0) is 38.3 Å². The Morgan fingerprint density at radius 1 is 1.12 bits per heavy atom. The fourth-order valence-corrected chi connectivity index (χ4v) is 3.18. The normalized spacial score (nSPS) is 32.8. The molecule has 1 N–H and O–H groups in total. The average molecular weight is 239 g/mol. The van der Waals surface area contributed by atoms with E-state index >= 15 is 0 Å². The molecule has 2 fully saturated rings. The van der Waals surface area contributed by atoms with Crippen molar-refractivity contribution in [1.82, 2.24) is 15.1 Å². The molecule has 3 heteroatoms. The average Bonchev–Trinajstić information content (AvgIpc) is 2.32. The van der Waals surface area contributed by atoms with Crippen molar-refractivity contribution in [2.75, 3.05) is 45.8 Å². The van der Waals surface area contributed by atoms with Gasteiger partial charge in [-0.25, -0.2) is 0 Å². The summed E-state index contributed by atoms with van der Waals surface area (Å²) in [5.41, 5.74) is 0. The van der Waals surface area contributed by atoms with Gasteiger partial charge in [-0.3, -0.25) is 4.90 Å². The van der Waals surface area contributed by atoms with E-state index in [1.165, 1.54) is 65.1 Å². The van der Waals surface area contributed by atoms with E-state index in [9.17, 15) is 0 Å². The standard InChI is InChI=1S/C14H29N3/c1-3-6-16-7-9-17(10-8-16)12-14-11-13(2)4-5-15-14/h13-15H,3-12H2,1-2H3. The molecule has 2 rings (SSSR count). The predicted octanol–water partition coefficient (Wildman–Crippen LogP) is 1.40. The van der Waals surface area contributed by atoms with Crippen LogP contribution in [-0.2, 0) is 0 Å². The third kappa shape index (κ3) is 4.23. The number of hydrogen-bond acceptors (Lipinski definition) is 3. The molecule has 0 aliphatic carbocycles. The van der Waals surface area contributed by atoms with Crippen LogP contribution in [0.1, 0.15) is 33.1 Å². The topological polar surface area (TPSA) is 18.5 Å². The van der Waals surface area contributed by atoms with Crippen LogP contribution in [0.2, 0.25) is 0 Å². The van der Waals surface area contributed by atoms with Gasteiger partial charge in [0, 0.05) is 38.8 Å². The molecule has 0 aromatic rings. The van der Waals surface area contributed by atoms with E-state index in [4.69, 9.17) is 0 Å². The maximum absolute atomic E-state index is 3.68. The summed E-state index contributed by atoms with van der Waals surface area (Å²) in [6, 6.07) is 0.747. The summed E-state index contributed by atoms with van der Waals surface area (Å²) in [6.45, 7) is 13.5. The molecule has 0 aromatic heterocycles. The first-order valence-corrected chi connectivity index (χ1v) is 7.46. The first-order chi connectivity index (χ1) is 8.28. The number of nitrogens with zero attached hydrogens (tertiary/aromatic N) is 2. The van der Waals surface area contributed by atoms with Crippen LogP contribution < -0.4 is 5.32 Å².